The van der Waals surface area contributed by atoms with Crippen molar-refractivity contribution in [2.75, 3.05) is 0 Å². The zero-order chi connectivity index (χ0) is 12.6. The van der Waals surface area contributed by atoms with Gasteiger partial charge in [-0.3, -0.25) is 0 Å². The largest absolute Gasteiger partial charge is 0.508 e. The first-order chi connectivity index (χ1) is 9.28. The zero-order valence-corrected chi connectivity index (χ0v) is 11.4. The average molecular weight is 254 g/mol. The van der Waals surface area contributed by atoms with E-state index in [1.807, 2.05) is 12.1 Å². The topological polar surface area (TPSA) is 20.2 Å². The molecular formula is C18H22O. The minimum Gasteiger partial charge on any atom is -0.508 e. The Morgan fingerprint density at radius 3 is 2.95 bits per heavy atom. The smallest absolute Gasteiger partial charge is 0.115 e. The minimum atomic E-state index is 0.451. The van der Waals surface area contributed by atoms with Crippen LogP contribution in [0.2, 0.25) is 0 Å². The molecule has 1 N–H and O–H groups in total. The third kappa shape index (κ3) is 1.27. The molecule has 0 amide bonds. The van der Waals surface area contributed by atoms with Crippen LogP contribution in [0.4, 0.5) is 0 Å². The molecular weight excluding hydrogens is 232 g/mol. The van der Waals surface area contributed by atoms with E-state index in [1.165, 1.54) is 44.1 Å². The molecule has 1 aromatic rings. The summed E-state index contributed by atoms with van der Waals surface area (Å²) in [6.07, 6.45) is 10.1. The van der Waals surface area contributed by atoms with Gasteiger partial charge in [0, 0.05) is 0 Å². The van der Waals surface area contributed by atoms with Crippen LogP contribution >= 0.6 is 0 Å². The number of aromatic hydroxyl groups is 1. The van der Waals surface area contributed by atoms with Gasteiger partial charge in [-0.25, -0.2) is 0 Å². The van der Waals surface area contributed by atoms with E-state index in [4.69, 9.17) is 0 Å². The van der Waals surface area contributed by atoms with Crippen LogP contribution in [0.25, 0.3) is 0 Å². The predicted molar refractivity (Wildman–Crippen MR) is 75.2 cm³/mol. The Balaban J connectivity index is 1.55. The van der Waals surface area contributed by atoms with Crippen molar-refractivity contribution in [3.8, 4) is 5.75 Å². The highest BCUT2D eigenvalue weighted by Crippen LogP contribution is 2.75. The molecule has 3 fully saturated rings. The highest BCUT2D eigenvalue weighted by Gasteiger charge is 2.66. The number of hydrogen-bond acceptors (Lipinski definition) is 1. The molecule has 1 spiro atoms. The summed E-state index contributed by atoms with van der Waals surface area (Å²) in [7, 11) is 0. The number of benzene rings is 1. The number of fused-ring (bicyclic) bond motifs is 4. The summed E-state index contributed by atoms with van der Waals surface area (Å²) >= 11 is 0. The second-order valence-electron chi connectivity index (χ2n) is 7.55. The Morgan fingerprint density at radius 2 is 2.05 bits per heavy atom. The number of phenolic OH excluding ortho intramolecular Hbond substituents is 1. The van der Waals surface area contributed by atoms with Crippen LogP contribution in [-0.4, -0.2) is 5.11 Å². The molecule has 3 saturated carbocycles. The van der Waals surface area contributed by atoms with Crippen molar-refractivity contribution < 1.29 is 5.11 Å². The molecule has 100 valence electrons. The number of hydrogen-bond donors (Lipinski definition) is 1. The van der Waals surface area contributed by atoms with Crippen molar-refractivity contribution in [2.24, 2.45) is 23.2 Å². The fourth-order valence-electron chi connectivity index (χ4n) is 6.24. The zero-order valence-electron chi connectivity index (χ0n) is 11.4. The summed E-state index contributed by atoms with van der Waals surface area (Å²) < 4.78 is 0. The van der Waals surface area contributed by atoms with E-state index < -0.39 is 0 Å². The van der Waals surface area contributed by atoms with Gasteiger partial charge in [-0.15, -0.1) is 0 Å². The summed E-state index contributed by atoms with van der Waals surface area (Å²) in [5.41, 5.74) is 3.82. The van der Waals surface area contributed by atoms with Crippen LogP contribution in [0.3, 0.4) is 0 Å². The van der Waals surface area contributed by atoms with Crippen molar-refractivity contribution in [2.45, 2.75) is 50.9 Å². The van der Waals surface area contributed by atoms with Gasteiger partial charge in [-0.05, 0) is 97.3 Å². The van der Waals surface area contributed by atoms with E-state index in [0.29, 0.717) is 5.75 Å². The number of rotatable bonds is 0. The third-order valence-electron chi connectivity index (χ3n) is 7.07. The molecule has 0 aliphatic heterocycles. The lowest BCUT2D eigenvalue weighted by Gasteiger charge is -2.46. The SMILES string of the molecule is Oc1ccc2c(c1)CCC1C2CC[C@]23C[C@H]2CCC13. The monoisotopic (exact) mass is 254 g/mol. The normalized spacial score (nSPS) is 45.9. The Kier molecular flexibility index (Phi) is 1.91. The first kappa shape index (κ1) is 10.8. The summed E-state index contributed by atoms with van der Waals surface area (Å²) in [5, 5.41) is 9.68. The molecule has 1 heteroatoms. The second kappa shape index (κ2) is 3.37. The van der Waals surface area contributed by atoms with Crippen molar-refractivity contribution in [1.29, 1.82) is 0 Å². The highest BCUT2D eigenvalue weighted by molar-refractivity contribution is 5.40. The first-order valence-electron chi connectivity index (χ1n) is 8.10. The quantitative estimate of drug-likeness (QED) is 0.734. The molecule has 0 bridgehead atoms. The fourth-order valence-corrected chi connectivity index (χ4v) is 6.24. The molecule has 19 heavy (non-hydrogen) atoms. The van der Waals surface area contributed by atoms with Gasteiger partial charge in [-0.2, -0.15) is 0 Å². The summed E-state index contributed by atoms with van der Waals surface area (Å²) in [5.74, 6) is 4.36. The molecule has 4 aliphatic rings. The lowest BCUT2D eigenvalue weighted by Crippen LogP contribution is -2.36. The van der Waals surface area contributed by atoms with Gasteiger partial charge in [0.05, 0.1) is 0 Å². The molecule has 1 nitrogen and oxygen atoms in total. The summed E-state index contributed by atoms with van der Waals surface area (Å²) in [4.78, 5) is 0. The van der Waals surface area contributed by atoms with Crippen LogP contribution in [0, 0.1) is 23.2 Å². The van der Waals surface area contributed by atoms with E-state index in [-0.39, 0.29) is 0 Å². The van der Waals surface area contributed by atoms with Gasteiger partial charge in [0.1, 0.15) is 5.75 Å². The van der Waals surface area contributed by atoms with Gasteiger partial charge in [0.25, 0.3) is 0 Å². The van der Waals surface area contributed by atoms with Crippen LogP contribution in [0.5, 0.6) is 5.75 Å². The number of aryl methyl sites for hydroxylation is 1. The Hall–Kier alpha value is -0.980. The minimum absolute atomic E-state index is 0.451. The maximum Gasteiger partial charge on any atom is 0.115 e. The molecule has 4 aliphatic carbocycles. The van der Waals surface area contributed by atoms with Gasteiger partial charge < -0.3 is 5.11 Å². The van der Waals surface area contributed by atoms with E-state index >= 15 is 0 Å². The predicted octanol–water partition coefficient (Wildman–Crippen LogP) is 4.25. The second-order valence-corrected chi connectivity index (χ2v) is 7.55. The maximum absolute atomic E-state index is 9.68. The van der Waals surface area contributed by atoms with Gasteiger partial charge in [0.15, 0.2) is 0 Å². The van der Waals surface area contributed by atoms with E-state index in [1.54, 1.807) is 12.0 Å². The van der Waals surface area contributed by atoms with Crippen LogP contribution in [0.15, 0.2) is 18.2 Å². The summed E-state index contributed by atoms with van der Waals surface area (Å²) in [6, 6.07) is 6.14. The van der Waals surface area contributed by atoms with E-state index in [0.717, 1.165) is 29.1 Å². The molecule has 1 aromatic carbocycles. The molecule has 0 radical (unpaired) electrons. The lowest BCUT2D eigenvalue weighted by atomic mass is 9.59. The summed E-state index contributed by atoms with van der Waals surface area (Å²) in [6.45, 7) is 0. The van der Waals surface area contributed by atoms with Crippen molar-refractivity contribution in [3.63, 3.8) is 0 Å². The van der Waals surface area contributed by atoms with Crippen LogP contribution < -0.4 is 0 Å². The molecule has 0 saturated heterocycles. The van der Waals surface area contributed by atoms with Crippen molar-refractivity contribution in [3.05, 3.63) is 29.3 Å². The number of phenols is 1. The molecule has 5 atom stereocenters. The Morgan fingerprint density at radius 1 is 1.11 bits per heavy atom. The Labute approximate surface area is 115 Å². The average Bonchev–Trinajstić information content (AvgIpc) is 3.00. The Bertz CT molecular complexity index is 549. The van der Waals surface area contributed by atoms with E-state index in [9.17, 15) is 5.11 Å². The molecule has 3 unspecified atom stereocenters. The van der Waals surface area contributed by atoms with Crippen molar-refractivity contribution in [1.82, 2.24) is 0 Å². The third-order valence-corrected chi connectivity index (χ3v) is 7.07. The molecule has 0 heterocycles. The lowest BCUT2D eigenvalue weighted by molar-refractivity contribution is 0.105. The van der Waals surface area contributed by atoms with Crippen LogP contribution in [0.1, 0.15) is 55.6 Å². The maximum atomic E-state index is 9.68. The van der Waals surface area contributed by atoms with Gasteiger partial charge in [-0.1, -0.05) is 6.07 Å². The van der Waals surface area contributed by atoms with E-state index in [2.05, 4.69) is 6.07 Å². The first-order valence-corrected chi connectivity index (χ1v) is 8.10. The fraction of sp³-hybridized carbons (Fsp3) is 0.667. The highest BCUT2D eigenvalue weighted by atomic mass is 16.3. The standard InChI is InChI=1S/C18H22O/c19-13-3-5-14-11(9-13)1-4-16-15(14)7-8-18-10-12(18)2-6-17(16)18/h3,5,9,12,15-17,19H,1-2,4,6-8,10H2/t12-,15?,16?,17?,18+/m1/s1. The van der Waals surface area contributed by atoms with Gasteiger partial charge >= 0.3 is 0 Å². The molecule has 5 rings (SSSR count). The van der Waals surface area contributed by atoms with Crippen molar-refractivity contribution >= 4 is 0 Å². The van der Waals surface area contributed by atoms with Gasteiger partial charge in [0.2, 0.25) is 0 Å². The molecule has 0 aromatic heterocycles. The van der Waals surface area contributed by atoms with Crippen LogP contribution in [-0.2, 0) is 6.42 Å².